The van der Waals surface area contributed by atoms with Gasteiger partial charge in [0.15, 0.2) is 0 Å². The van der Waals surface area contributed by atoms with E-state index in [1.165, 1.54) is 17.4 Å². The van der Waals surface area contributed by atoms with Crippen molar-refractivity contribution in [3.63, 3.8) is 0 Å². The maximum absolute atomic E-state index is 12.1. The summed E-state index contributed by atoms with van der Waals surface area (Å²) < 4.78 is 27.4. The molecular formula is C9H11Br2NO4S2. The van der Waals surface area contributed by atoms with Gasteiger partial charge in [-0.25, -0.2) is 8.42 Å². The van der Waals surface area contributed by atoms with E-state index in [9.17, 15) is 13.2 Å². The van der Waals surface area contributed by atoms with Crippen LogP contribution in [0.5, 0.6) is 0 Å². The fourth-order valence-corrected chi connectivity index (χ4v) is 6.36. The summed E-state index contributed by atoms with van der Waals surface area (Å²) >= 11 is 7.53. The Hall–Kier alpha value is 0.0400. The molecule has 1 rings (SSSR count). The molecule has 0 aliphatic heterocycles. The van der Waals surface area contributed by atoms with Crippen LogP contribution in [-0.4, -0.2) is 25.5 Å². The molecule has 18 heavy (non-hydrogen) atoms. The van der Waals surface area contributed by atoms with Gasteiger partial charge in [0, 0.05) is 0 Å². The van der Waals surface area contributed by atoms with Crippen molar-refractivity contribution in [3.05, 3.63) is 13.6 Å². The molecule has 1 atom stereocenters. The molecule has 0 aliphatic carbocycles. The molecule has 1 heterocycles. The quantitative estimate of drug-likeness (QED) is 0.766. The van der Waals surface area contributed by atoms with Gasteiger partial charge in [-0.05, 0) is 43.8 Å². The zero-order valence-electron chi connectivity index (χ0n) is 9.48. The summed E-state index contributed by atoms with van der Waals surface area (Å²) in [7, 11) is -3.86. The first-order valence-electron chi connectivity index (χ1n) is 4.85. The lowest BCUT2D eigenvalue weighted by atomic mass is 10.1. The molecule has 0 aromatic carbocycles. The predicted octanol–water partition coefficient (Wildman–Crippen LogP) is 2.66. The van der Waals surface area contributed by atoms with Crippen LogP contribution in [0.15, 0.2) is 18.5 Å². The molecule has 0 unspecified atom stereocenters. The molecule has 0 bridgehead atoms. The number of rotatable bonds is 5. The van der Waals surface area contributed by atoms with Crippen LogP contribution >= 0.6 is 43.2 Å². The Balaban J connectivity index is 3.08. The number of aliphatic carboxylic acids is 1. The van der Waals surface area contributed by atoms with Gasteiger partial charge in [-0.2, -0.15) is 4.72 Å². The smallest absolute Gasteiger partial charge is 0.322 e. The highest BCUT2D eigenvalue weighted by Crippen LogP contribution is 2.34. The molecule has 1 aromatic rings. The van der Waals surface area contributed by atoms with Crippen molar-refractivity contribution in [2.24, 2.45) is 5.92 Å². The predicted molar refractivity (Wildman–Crippen MR) is 76.3 cm³/mol. The van der Waals surface area contributed by atoms with Crippen molar-refractivity contribution in [2.75, 3.05) is 0 Å². The molecule has 5 nitrogen and oxygen atoms in total. The van der Waals surface area contributed by atoms with Crippen LogP contribution in [-0.2, 0) is 14.8 Å². The first-order chi connectivity index (χ1) is 8.15. The number of carboxylic acids is 1. The molecule has 9 heteroatoms. The van der Waals surface area contributed by atoms with Gasteiger partial charge in [0.2, 0.25) is 10.0 Å². The lowest BCUT2D eigenvalue weighted by Gasteiger charge is -2.17. The minimum atomic E-state index is -3.86. The number of hydrogen-bond acceptors (Lipinski definition) is 4. The first-order valence-corrected chi connectivity index (χ1v) is 8.73. The maximum Gasteiger partial charge on any atom is 0.322 e. The van der Waals surface area contributed by atoms with Crippen molar-refractivity contribution in [3.8, 4) is 0 Å². The van der Waals surface area contributed by atoms with Gasteiger partial charge in [0.05, 0.1) is 7.57 Å². The number of sulfonamides is 1. The van der Waals surface area contributed by atoms with Gasteiger partial charge in [0.25, 0.3) is 0 Å². The van der Waals surface area contributed by atoms with Crippen LogP contribution < -0.4 is 4.72 Å². The standard InChI is InChI=1S/C9H11Br2NO4S2/c1-4(2)7(9(13)14)12-18(15,16)5-3-6(10)17-8(5)11/h3-4,7,12H,1-2H3,(H,13,14)/t7-/m0/s1. The van der Waals surface area contributed by atoms with Crippen molar-refractivity contribution in [2.45, 2.75) is 24.8 Å². The van der Waals surface area contributed by atoms with Crippen LogP contribution in [0.4, 0.5) is 0 Å². The van der Waals surface area contributed by atoms with Crippen molar-refractivity contribution >= 4 is 59.2 Å². The van der Waals surface area contributed by atoms with Crippen LogP contribution in [0.1, 0.15) is 13.8 Å². The fraction of sp³-hybridized carbons (Fsp3) is 0.444. The first kappa shape index (κ1) is 16.1. The van der Waals surface area contributed by atoms with E-state index < -0.39 is 22.0 Å². The van der Waals surface area contributed by atoms with Crippen LogP contribution in [0.25, 0.3) is 0 Å². The Morgan fingerprint density at radius 1 is 1.44 bits per heavy atom. The zero-order chi connectivity index (χ0) is 14.1. The Kier molecular flexibility index (Phi) is 5.36. The van der Waals surface area contributed by atoms with Crippen molar-refractivity contribution in [1.82, 2.24) is 4.72 Å². The summed E-state index contributed by atoms with van der Waals surface area (Å²) in [5.41, 5.74) is 0. The van der Waals surface area contributed by atoms with Crippen molar-refractivity contribution in [1.29, 1.82) is 0 Å². The number of carboxylic acid groups (broad SMARTS) is 1. The average Bonchev–Trinajstić information content (AvgIpc) is 2.54. The second kappa shape index (κ2) is 6.00. The summed E-state index contributed by atoms with van der Waals surface area (Å²) in [4.78, 5) is 11.0. The summed E-state index contributed by atoms with van der Waals surface area (Å²) in [5.74, 6) is -1.54. The summed E-state index contributed by atoms with van der Waals surface area (Å²) in [5, 5.41) is 8.98. The van der Waals surface area contributed by atoms with E-state index in [0.717, 1.165) is 0 Å². The Morgan fingerprint density at radius 3 is 2.33 bits per heavy atom. The third-order valence-corrected chi connectivity index (χ3v) is 6.33. The highest BCUT2D eigenvalue weighted by molar-refractivity contribution is 9.12. The highest BCUT2D eigenvalue weighted by Gasteiger charge is 2.29. The Labute approximate surface area is 126 Å². The fourth-order valence-electron chi connectivity index (χ4n) is 1.21. The van der Waals surface area contributed by atoms with Crippen LogP contribution in [0, 0.1) is 5.92 Å². The molecule has 0 fully saturated rings. The van der Waals surface area contributed by atoms with E-state index >= 15 is 0 Å². The second-order valence-corrected chi connectivity index (χ2v) is 9.30. The molecule has 1 aromatic heterocycles. The topological polar surface area (TPSA) is 83.5 Å². The van der Waals surface area contributed by atoms with E-state index in [4.69, 9.17) is 5.11 Å². The number of carbonyl (C=O) groups is 1. The molecule has 0 saturated carbocycles. The molecular weight excluding hydrogens is 410 g/mol. The van der Waals surface area contributed by atoms with E-state index in [1.54, 1.807) is 13.8 Å². The van der Waals surface area contributed by atoms with Gasteiger partial charge in [0.1, 0.15) is 10.9 Å². The largest absolute Gasteiger partial charge is 0.480 e. The van der Waals surface area contributed by atoms with Gasteiger partial charge >= 0.3 is 5.97 Å². The maximum atomic E-state index is 12.1. The Morgan fingerprint density at radius 2 is 2.00 bits per heavy atom. The van der Waals surface area contributed by atoms with Gasteiger partial charge < -0.3 is 5.11 Å². The Bertz CT molecular complexity index is 553. The SMILES string of the molecule is CC(C)[C@H](NS(=O)(=O)c1cc(Br)sc1Br)C(=O)O. The number of halogens is 2. The molecule has 0 radical (unpaired) electrons. The molecule has 0 spiro atoms. The third kappa shape index (κ3) is 3.77. The number of thiophene rings is 1. The molecule has 0 aliphatic rings. The highest BCUT2D eigenvalue weighted by atomic mass is 79.9. The van der Waals surface area contributed by atoms with E-state index in [0.29, 0.717) is 7.57 Å². The van der Waals surface area contributed by atoms with Gasteiger partial charge in [-0.15, -0.1) is 11.3 Å². The lowest BCUT2D eigenvalue weighted by molar-refractivity contribution is -0.140. The minimum Gasteiger partial charge on any atom is -0.480 e. The molecule has 2 N–H and O–H groups in total. The summed E-state index contributed by atoms with van der Waals surface area (Å²) in [6, 6.07) is 0.275. The summed E-state index contributed by atoms with van der Waals surface area (Å²) in [6.07, 6.45) is 0. The molecule has 102 valence electrons. The van der Waals surface area contributed by atoms with Gasteiger partial charge in [-0.3, -0.25) is 4.79 Å². The van der Waals surface area contributed by atoms with E-state index in [-0.39, 0.29) is 10.8 Å². The van der Waals surface area contributed by atoms with Gasteiger partial charge in [-0.1, -0.05) is 13.8 Å². The van der Waals surface area contributed by atoms with Crippen LogP contribution in [0.2, 0.25) is 0 Å². The minimum absolute atomic E-state index is 0.0336. The third-order valence-electron chi connectivity index (χ3n) is 2.13. The normalized spacial score (nSPS) is 13.8. The molecule has 0 saturated heterocycles. The lowest BCUT2D eigenvalue weighted by Crippen LogP contribution is -2.44. The van der Waals surface area contributed by atoms with Crippen molar-refractivity contribution < 1.29 is 18.3 Å². The molecule has 0 amide bonds. The van der Waals surface area contributed by atoms with E-state index in [1.807, 2.05) is 0 Å². The summed E-state index contributed by atoms with van der Waals surface area (Å²) in [6.45, 7) is 3.28. The van der Waals surface area contributed by atoms with Crippen LogP contribution in [0.3, 0.4) is 0 Å². The second-order valence-electron chi connectivity index (χ2n) is 3.87. The monoisotopic (exact) mass is 419 g/mol. The average molecular weight is 421 g/mol. The zero-order valence-corrected chi connectivity index (χ0v) is 14.3. The number of nitrogens with one attached hydrogen (secondary N) is 1. The number of hydrogen-bond donors (Lipinski definition) is 2. The van der Waals surface area contributed by atoms with E-state index in [2.05, 4.69) is 36.6 Å².